The molecule has 1 aliphatic heterocycles. The highest BCUT2D eigenvalue weighted by Crippen LogP contribution is 2.17. The van der Waals surface area contributed by atoms with Gasteiger partial charge < -0.3 is 24.6 Å². The summed E-state index contributed by atoms with van der Waals surface area (Å²) in [5, 5.41) is 9.88. The van der Waals surface area contributed by atoms with E-state index < -0.39 is 0 Å². The van der Waals surface area contributed by atoms with E-state index in [1.54, 1.807) is 31.2 Å². The molecule has 1 saturated heterocycles. The Hall–Kier alpha value is -2.45. The summed E-state index contributed by atoms with van der Waals surface area (Å²) >= 11 is 0. The molecule has 0 bridgehead atoms. The SMILES string of the molecule is Cc1nc(COc2ccc(NC(=O)CC3COCCN3)cc2)no1. The van der Waals surface area contributed by atoms with Gasteiger partial charge in [0.25, 0.3) is 0 Å². The van der Waals surface area contributed by atoms with Gasteiger partial charge in [-0.15, -0.1) is 0 Å². The minimum absolute atomic E-state index is 0.0473. The van der Waals surface area contributed by atoms with Crippen molar-refractivity contribution in [2.24, 2.45) is 0 Å². The number of aryl methyl sites for hydroxylation is 1. The quantitative estimate of drug-likeness (QED) is 0.822. The Labute approximate surface area is 139 Å². The van der Waals surface area contributed by atoms with E-state index >= 15 is 0 Å². The van der Waals surface area contributed by atoms with Gasteiger partial charge in [0, 0.05) is 31.6 Å². The summed E-state index contributed by atoms with van der Waals surface area (Å²) in [6.07, 6.45) is 0.384. The third-order valence-corrected chi connectivity index (χ3v) is 3.51. The fourth-order valence-electron chi connectivity index (χ4n) is 2.37. The van der Waals surface area contributed by atoms with Crippen LogP contribution < -0.4 is 15.4 Å². The Kier molecular flexibility index (Phi) is 5.39. The van der Waals surface area contributed by atoms with Crippen molar-refractivity contribution >= 4 is 11.6 Å². The molecule has 1 fully saturated rings. The van der Waals surface area contributed by atoms with Crippen LogP contribution in [-0.2, 0) is 16.1 Å². The second-order valence-electron chi connectivity index (χ2n) is 5.52. The summed E-state index contributed by atoms with van der Waals surface area (Å²) in [7, 11) is 0. The number of hydrogen-bond donors (Lipinski definition) is 2. The number of benzene rings is 1. The summed E-state index contributed by atoms with van der Waals surface area (Å²) in [6.45, 7) is 4.00. The van der Waals surface area contributed by atoms with Crippen LogP contribution in [0.3, 0.4) is 0 Å². The van der Waals surface area contributed by atoms with Crippen LogP contribution in [0.15, 0.2) is 28.8 Å². The lowest BCUT2D eigenvalue weighted by molar-refractivity contribution is -0.117. The Morgan fingerprint density at radius 3 is 2.92 bits per heavy atom. The smallest absolute Gasteiger partial charge is 0.226 e. The summed E-state index contributed by atoms with van der Waals surface area (Å²) in [5.74, 6) is 1.61. The van der Waals surface area contributed by atoms with Crippen LogP contribution in [-0.4, -0.2) is 41.8 Å². The zero-order valence-corrected chi connectivity index (χ0v) is 13.4. The Bertz CT molecular complexity index is 665. The number of amides is 1. The van der Waals surface area contributed by atoms with Crippen LogP contribution in [0.5, 0.6) is 5.75 Å². The molecule has 24 heavy (non-hydrogen) atoms. The number of carbonyl (C=O) groups excluding carboxylic acids is 1. The van der Waals surface area contributed by atoms with Crippen LogP contribution in [0, 0.1) is 6.92 Å². The van der Waals surface area contributed by atoms with Gasteiger partial charge >= 0.3 is 0 Å². The molecule has 8 nitrogen and oxygen atoms in total. The predicted molar refractivity (Wildman–Crippen MR) is 85.7 cm³/mol. The average molecular weight is 332 g/mol. The zero-order chi connectivity index (χ0) is 16.8. The second-order valence-corrected chi connectivity index (χ2v) is 5.52. The molecule has 1 aliphatic rings. The molecule has 0 radical (unpaired) electrons. The first-order valence-corrected chi connectivity index (χ1v) is 7.82. The third kappa shape index (κ3) is 4.77. The molecule has 0 spiro atoms. The van der Waals surface area contributed by atoms with Gasteiger partial charge in [-0.05, 0) is 24.3 Å². The van der Waals surface area contributed by atoms with E-state index in [4.69, 9.17) is 14.0 Å². The lowest BCUT2D eigenvalue weighted by Crippen LogP contribution is -2.43. The first-order valence-electron chi connectivity index (χ1n) is 7.82. The summed E-state index contributed by atoms with van der Waals surface area (Å²) in [4.78, 5) is 16.1. The Balaban J connectivity index is 1.46. The van der Waals surface area contributed by atoms with Gasteiger partial charge in [0.05, 0.1) is 13.2 Å². The second kappa shape index (κ2) is 7.89. The van der Waals surface area contributed by atoms with Crippen LogP contribution in [0.1, 0.15) is 18.1 Å². The molecule has 2 N–H and O–H groups in total. The summed E-state index contributed by atoms with van der Waals surface area (Å²) in [6, 6.07) is 7.22. The lowest BCUT2D eigenvalue weighted by Gasteiger charge is -2.23. The van der Waals surface area contributed by atoms with E-state index in [1.807, 2.05) is 0 Å². The maximum Gasteiger partial charge on any atom is 0.226 e. The average Bonchev–Trinajstić information content (AvgIpc) is 3.00. The van der Waals surface area contributed by atoms with Crippen LogP contribution in [0.2, 0.25) is 0 Å². The zero-order valence-electron chi connectivity index (χ0n) is 13.4. The topological polar surface area (TPSA) is 98.5 Å². The maximum absolute atomic E-state index is 12.0. The van der Waals surface area contributed by atoms with Crippen molar-refractivity contribution in [1.82, 2.24) is 15.5 Å². The van der Waals surface area contributed by atoms with Crippen LogP contribution in [0.25, 0.3) is 0 Å². The number of aromatic nitrogens is 2. The van der Waals surface area contributed by atoms with Crippen LogP contribution >= 0.6 is 0 Å². The van der Waals surface area contributed by atoms with E-state index in [0.717, 1.165) is 12.2 Å². The molecule has 3 rings (SSSR count). The van der Waals surface area contributed by atoms with E-state index in [-0.39, 0.29) is 18.6 Å². The Morgan fingerprint density at radius 1 is 1.42 bits per heavy atom. The highest BCUT2D eigenvalue weighted by molar-refractivity contribution is 5.91. The molecule has 2 aromatic rings. The number of anilines is 1. The van der Waals surface area contributed by atoms with Crippen molar-refractivity contribution < 1.29 is 18.8 Å². The van der Waals surface area contributed by atoms with Crippen molar-refractivity contribution in [3.63, 3.8) is 0 Å². The van der Waals surface area contributed by atoms with Crippen molar-refractivity contribution in [3.05, 3.63) is 36.0 Å². The molecule has 8 heteroatoms. The highest BCUT2D eigenvalue weighted by Gasteiger charge is 2.16. The van der Waals surface area contributed by atoms with E-state index in [9.17, 15) is 4.79 Å². The lowest BCUT2D eigenvalue weighted by atomic mass is 10.2. The number of morpholine rings is 1. The van der Waals surface area contributed by atoms with Crippen molar-refractivity contribution in [2.45, 2.75) is 26.0 Å². The van der Waals surface area contributed by atoms with Crippen LogP contribution in [0.4, 0.5) is 5.69 Å². The summed E-state index contributed by atoms with van der Waals surface area (Å²) < 4.78 is 15.8. The van der Waals surface area contributed by atoms with Gasteiger partial charge in [-0.3, -0.25) is 4.79 Å². The van der Waals surface area contributed by atoms with Gasteiger partial charge in [-0.25, -0.2) is 0 Å². The first-order chi connectivity index (χ1) is 11.7. The third-order valence-electron chi connectivity index (χ3n) is 3.51. The normalized spacial score (nSPS) is 17.5. The molecule has 1 unspecified atom stereocenters. The number of carbonyl (C=O) groups is 1. The number of hydrogen-bond acceptors (Lipinski definition) is 7. The van der Waals surface area contributed by atoms with Gasteiger partial charge in [-0.1, -0.05) is 5.16 Å². The maximum atomic E-state index is 12.0. The summed E-state index contributed by atoms with van der Waals surface area (Å²) in [5.41, 5.74) is 0.722. The molecular formula is C16H20N4O4. The number of nitrogens with zero attached hydrogens (tertiary/aromatic N) is 2. The van der Waals surface area contributed by atoms with E-state index in [0.29, 0.717) is 37.1 Å². The number of rotatable bonds is 6. The van der Waals surface area contributed by atoms with Crippen molar-refractivity contribution in [1.29, 1.82) is 0 Å². The van der Waals surface area contributed by atoms with Gasteiger partial charge in [0.15, 0.2) is 6.61 Å². The Morgan fingerprint density at radius 2 is 2.25 bits per heavy atom. The molecule has 2 heterocycles. The molecule has 1 amide bonds. The standard InChI is InChI=1S/C16H20N4O4/c1-11-18-15(20-24-11)10-23-14-4-2-12(3-5-14)19-16(21)8-13-9-22-7-6-17-13/h2-5,13,17H,6-10H2,1H3,(H,19,21). The van der Waals surface area contributed by atoms with Crippen molar-refractivity contribution in [2.75, 3.05) is 25.1 Å². The molecule has 128 valence electrons. The fraction of sp³-hybridized carbons (Fsp3) is 0.438. The van der Waals surface area contributed by atoms with E-state index in [1.165, 1.54) is 0 Å². The first kappa shape index (κ1) is 16.4. The number of ether oxygens (including phenoxy) is 2. The number of nitrogens with one attached hydrogen (secondary N) is 2. The minimum Gasteiger partial charge on any atom is -0.485 e. The highest BCUT2D eigenvalue weighted by atomic mass is 16.5. The van der Waals surface area contributed by atoms with Gasteiger partial charge in [-0.2, -0.15) is 4.98 Å². The van der Waals surface area contributed by atoms with Gasteiger partial charge in [0.1, 0.15) is 5.75 Å². The molecule has 1 aromatic heterocycles. The molecule has 1 atom stereocenters. The van der Waals surface area contributed by atoms with E-state index in [2.05, 4.69) is 20.8 Å². The largest absolute Gasteiger partial charge is 0.485 e. The van der Waals surface area contributed by atoms with Crippen molar-refractivity contribution in [3.8, 4) is 5.75 Å². The monoisotopic (exact) mass is 332 g/mol. The minimum atomic E-state index is -0.0473. The molecule has 0 aliphatic carbocycles. The molecule has 1 aromatic carbocycles. The predicted octanol–water partition coefficient (Wildman–Crippen LogP) is 1.27. The molecular weight excluding hydrogens is 312 g/mol. The fourth-order valence-corrected chi connectivity index (χ4v) is 2.37. The van der Waals surface area contributed by atoms with Gasteiger partial charge in [0.2, 0.25) is 17.6 Å². The molecule has 0 saturated carbocycles.